The van der Waals surface area contributed by atoms with Gasteiger partial charge in [-0.2, -0.15) is 9.78 Å². The molecule has 0 bridgehead atoms. The molecular formula is C8H18O7V2. The number of aliphatic hydroxyl groups is 4. The summed E-state index contributed by atoms with van der Waals surface area (Å²) in [6.45, 7) is 8.51. The van der Waals surface area contributed by atoms with Crippen LogP contribution in [0.15, 0.2) is 25.7 Å². The standard InChI is InChI=1S/C4H10O5.2C2H4O.2V/c1-3(5)7-9-8-4(2)6;2*1-2-3;;/h3-6H,1-2H3;2*2-3H,1H2;;. The van der Waals surface area contributed by atoms with Gasteiger partial charge in [-0.3, -0.25) is 0 Å². The van der Waals surface area contributed by atoms with Gasteiger partial charge in [-0.15, -0.1) is 0 Å². The van der Waals surface area contributed by atoms with Crippen molar-refractivity contribution >= 4 is 0 Å². The summed E-state index contributed by atoms with van der Waals surface area (Å²) in [5.74, 6) is 0. The van der Waals surface area contributed by atoms with Gasteiger partial charge in [0.05, 0.1) is 12.5 Å². The van der Waals surface area contributed by atoms with Gasteiger partial charge in [0, 0.05) is 37.1 Å². The maximum absolute atomic E-state index is 8.36. The molecule has 0 aliphatic heterocycles. The molecule has 2 atom stereocenters. The van der Waals surface area contributed by atoms with E-state index in [1.165, 1.54) is 13.8 Å². The zero-order chi connectivity index (χ0) is 12.7. The average molecular weight is 328 g/mol. The molecule has 0 aromatic heterocycles. The first-order valence-electron chi connectivity index (χ1n) is 3.81. The maximum atomic E-state index is 8.36. The molecule has 102 valence electrons. The van der Waals surface area contributed by atoms with E-state index in [-0.39, 0.29) is 37.1 Å². The fourth-order valence-corrected chi connectivity index (χ4v) is 0.136. The van der Waals surface area contributed by atoms with Gasteiger partial charge in [-0.25, -0.2) is 0 Å². The third-order valence-electron chi connectivity index (χ3n) is 0.357. The topological polar surface area (TPSA) is 109 Å². The summed E-state index contributed by atoms with van der Waals surface area (Å²) in [6, 6.07) is 0. The van der Waals surface area contributed by atoms with Crippen molar-refractivity contribution < 1.29 is 72.4 Å². The van der Waals surface area contributed by atoms with Crippen LogP contribution in [0.4, 0.5) is 0 Å². The van der Waals surface area contributed by atoms with Crippen molar-refractivity contribution in [3.8, 4) is 0 Å². The van der Waals surface area contributed by atoms with Gasteiger partial charge < -0.3 is 20.4 Å². The van der Waals surface area contributed by atoms with E-state index in [2.05, 4.69) is 28.0 Å². The van der Waals surface area contributed by atoms with Crippen LogP contribution in [0.2, 0.25) is 0 Å². The smallest absolute Gasteiger partial charge is 0.188 e. The van der Waals surface area contributed by atoms with Crippen molar-refractivity contribution in [3.63, 3.8) is 0 Å². The summed E-state index contributed by atoms with van der Waals surface area (Å²) in [7, 11) is 0. The molecule has 0 aromatic carbocycles. The fourth-order valence-electron chi connectivity index (χ4n) is 0.136. The molecule has 9 heteroatoms. The first-order valence-corrected chi connectivity index (χ1v) is 3.81. The van der Waals surface area contributed by atoms with Crippen LogP contribution < -0.4 is 0 Å². The molecule has 7 nitrogen and oxygen atoms in total. The Morgan fingerprint density at radius 1 is 0.882 bits per heavy atom. The summed E-state index contributed by atoms with van der Waals surface area (Å²) >= 11 is 0. The summed E-state index contributed by atoms with van der Waals surface area (Å²) in [6.07, 6.45) is -0.632. The number of hydrogen-bond donors (Lipinski definition) is 4. The van der Waals surface area contributed by atoms with Crippen molar-refractivity contribution in [2.24, 2.45) is 0 Å². The van der Waals surface area contributed by atoms with Crippen molar-refractivity contribution in [2.75, 3.05) is 0 Å². The van der Waals surface area contributed by atoms with E-state index in [9.17, 15) is 0 Å². The second kappa shape index (κ2) is 29.8. The summed E-state index contributed by atoms with van der Waals surface area (Å²) in [4.78, 5) is 8.05. The van der Waals surface area contributed by atoms with Crippen LogP contribution in [-0.2, 0) is 51.9 Å². The molecular weight excluding hydrogens is 310 g/mol. The molecule has 4 N–H and O–H groups in total. The minimum absolute atomic E-state index is 0. The van der Waals surface area contributed by atoms with Gasteiger partial charge in [-0.1, -0.05) is 18.2 Å². The molecule has 0 amide bonds. The zero-order valence-electron chi connectivity index (χ0n) is 9.63. The summed E-state index contributed by atoms with van der Waals surface area (Å²) in [5, 5.41) is 35.2. The van der Waals surface area contributed by atoms with Crippen molar-refractivity contribution in [3.05, 3.63) is 25.7 Å². The number of aliphatic hydroxyl groups excluding tert-OH is 4. The molecule has 0 aromatic rings. The predicted molar refractivity (Wildman–Crippen MR) is 52.3 cm³/mol. The van der Waals surface area contributed by atoms with Crippen LogP contribution in [0.1, 0.15) is 13.8 Å². The van der Waals surface area contributed by atoms with Crippen LogP contribution in [0.5, 0.6) is 0 Å². The number of hydrogen-bond acceptors (Lipinski definition) is 7. The normalized spacial score (nSPS) is 10.6. The molecule has 0 saturated carbocycles. The van der Waals surface area contributed by atoms with Crippen LogP contribution >= 0.6 is 0 Å². The Morgan fingerprint density at radius 2 is 1.06 bits per heavy atom. The fraction of sp³-hybridized carbons (Fsp3) is 0.500. The zero-order valence-corrected chi connectivity index (χ0v) is 12.4. The minimum atomic E-state index is -1.07. The molecule has 2 unspecified atom stereocenters. The Hall–Kier alpha value is 0.0488. The van der Waals surface area contributed by atoms with E-state index >= 15 is 0 Å². The van der Waals surface area contributed by atoms with Crippen LogP contribution in [0.25, 0.3) is 0 Å². The van der Waals surface area contributed by atoms with E-state index < -0.39 is 12.6 Å². The Kier molecular flexibility index (Phi) is 53.0. The van der Waals surface area contributed by atoms with E-state index in [0.717, 1.165) is 12.5 Å². The van der Waals surface area contributed by atoms with Gasteiger partial charge in [0.15, 0.2) is 12.6 Å². The third-order valence-corrected chi connectivity index (χ3v) is 0.357. The molecule has 0 saturated heterocycles. The Bertz CT molecular complexity index is 119. The largest absolute Gasteiger partial charge is 0.516 e. The Morgan fingerprint density at radius 3 is 1.18 bits per heavy atom. The Labute approximate surface area is 124 Å². The number of rotatable bonds is 4. The molecule has 2 radical (unpaired) electrons. The average Bonchev–Trinajstić information content (AvgIpc) is 2.05. The quantitative estimate of drug-likeness (QED) is 0.263. The molecule has 0 aliphatic carbocycles. The van der Waals surface area contributed by atoms with Gasteiger partial charge in [0.2, 0.25) is 0 Å². The molecule has 0 rings (SSSR count). The molecule has 17 heavy (non-hydrogen) atoms. The second-order valence-corrected chi connectivity index (χ2v) is 1.82. The third kappa shape index (κ3) is 86.6. The van der Waals surface area contributed by atoms with Crippen LogP contribution in [0.3, 0.4) is 0 Å². The van der Waals surface area contributed by atoms with E-state index in [1.807, 2.05) is 0 Å². The maximum Gasteiger partial charge on any atom is 0.188 e. The first kappa shape index (κ1) is 30.2. The van der Waals surface area contributed by atoms with Gasteiger partial charge in [0.1, 0.15) is 0 Å². The Balaban J connectivity index is -0.0000000514. The second-order valence-electron chi connectivity index (χ2n) is 1.82. The summed E-state index contributed by atoms with van der Waals surface area (Å²) in [5.41, 5.74) is 0. The first-order chi connectivity index (χ1) is 6.95. The molecule has 0 heterocycles. The van der Waals surface area contributed by atoms with E-state index in [1.54, 1.807) is 0 Å². The predicted octanol–water partition coefficient (Wildman–Crippen LogP) is 0.914. The van der Waals surface area contributed by atoms with Crippen molar-refractivity contribution in [1.29, 1.82) is 0 Å². The van der Waals surface area contributed by atoms with Crippen LogP contribution in [-0.4, -0.2) is 33.0 Å². The monoisotopic (exact) mass is 328 g/mol. The van der Waals surface area contributed by atoms with Gasteiger partial charge in [-0.05, 0) is 13.8 Å². The summed E-state index contributed by atoms with van der Waals surface area (Å²) < 4.78 is 0. The van der Waals surface area contributed by atoms with E-state index in [4.69, 9.17) is 20.4 Å². The van der Waals surface area contributed by atoms with Crippen molar-refractivity contribution in [2.45, 2.75) is 26.4 Å². The SMILES string of the molecule is C=CO.C=CO.CC(O)OOOC(C)O.[V].[V]. The molecule has 0 spiro atoms. The van der Waals surface area contributed by atoms with Gasteiger partial charge in [0.25, 0.3) is 0 Å². The van der Waals surface area contributed by atoms with E-state index in [0.29, 0.717) is 0 Å². The molecule has 0 fully saturated rings. The van der Waals surface area contributed by atoms with Crippen molar-refractivity contribution in [1.82, 2.24) is 0 Å². The van der Waals surface area contributed by atoms with Crippen LogP contribution in [0, 0.1) is 0 Å². The van der Waals surface area contributed by atoms with Gasteiger partial charge >= 0.3 is 0 Å². The molecule has 0 aliphatic rings. The minimum Gasteiger partial charge on any atom is -0.516 e.